The number of carbonyl (C=O) groups is 1. The zero-order valence-corrected chi connectivity index (χ0v) is 14.5. The highest BCUT2D eigenvalue weighted by Crippen LogP contribution is 2.50. The first kappa shape index (κ1) is 17.0. The average Bonchev–Trinajstić information content (AvgIpc) is 2.59. The largest absolute Gasteiger partial charge is 0.495 e. The van der Waals surface area contributed by atoms with Crippen molar-refractivity contribution in [1.82, 2.24) is 4.90 Å². The van der Waals surface area contributed by atoms with Crippen LogP contribution in [0.5, 0.6) is 5.75 Å². The van der Waals surface area contributed by atoms with Crippen molar-refractivity contribution in [1.29, 1.82) is 0 Å². The van der Waals surface area contributed by atoms with E-state index in [2.05, 4.69) is 5.32 Å². The van der Waals surface area contributed by atoms with E-state index >= 15 is 0 Å². The molecule has 0 radical (unpaired) electrons. The Morgan fingerprint density at radius 2 is 2.04 bits per heavy atom. The van der Waals surface area contributed by atoms with Crippen molar-refractivity contribution in [3.05, 3.63) is 23.8 Å². The van der Waals surface area contributed by atoms with Crippen molar-refractivity contribution in [2.45, 2.75) is 38.4 Å². The number of benzene rings is 1. The summed E-state index contributed by atoms with van der Waals surface area (Å²) in [7, 11) is 3.29. The van der Waals surface area contributed by atoms with Crippen LogP contribution in [0.4, 0.5) is 10.5 Å². The summed E-state index contributed by atoms with van der Waals surface area (Å²) < 4.78 is 10.8. The Morgan fingerprint density at radius 1 is 1.33 bits per heavy atom. The quantitative estimate of drug-likeness (QED) is 0.890. The molecule has 1 heterocycles. The summed E-state index contributed by atoms with van der Waals surface area (Å²) in [5.41, 5.74) is 1.57. The van der Waals surface area contributed by atoms with Crippen LogP contribution in [0.25, 0.3) is 0 Å². The number of urea groups is 1. The standard InChI is InChI=1S/C18H26N2O4/c1-12-4-5-14(23-2)13(10-12)19-17(22)20-8-6-18(7-9-20)15(21)11-16(18)24-3/h4-5,10,15-16,21H,6-9,11H2,1-3H3,(H,19,22)/t15-,16+/m0/s1. The van der Waals surface area contributed by atoms with Gasteiger partial charge in [-0.1, -0.05) is 6.07 Å². The maximum absolute atomic E-state index is 12.6. The highest BCUT2D eigenvalue weighted by atomic mass is 16.5. The topological polar surface area (TPSA) is 71.0 Å². The molecular weight excluding hydrogens is 308 g/mol. The minimum absolute atomic E-state index is 0.106. The number of rotatable bonds is 3. The van der Waals surface area contributed by atoms with Crippen LogP contribution in [0.2, 0.25) is 0 Å². The van der Waals surface area contributed by atoms with Crippen LogP contribution in [-0.2, 0) is 4.74 Å². The third-order valence-corrected chi connectivity index (χ3v) is 5.60. The number of aryl methyl sites for hydroxylation is 1. The van der Waals surface area contributed by atoms with E-state index in [1.807, 2.05) is 25.1 Å². The van der Waals surface area contributed by atoms with E-state index in [1.54, 1.807) is 19.1 Å². The number of nitrogens with one attached hydrogen (secondary N) is 1. The molecule has 2 atom stereocenters. The predicted molar refractivity (Wildman–Crippen MR) is 91.4 cm³/mol. The molecule has 0 bridgehead atoms. The fraction of sp³-hybridized carbons (Fsp3) is 0.611. The van der Waals surface area contributed by atoms with Crippen LogP contribution < -0.4 is 10.1 Å². The summed E-state index contributed by atoms with van der Waals surface area (Å²) in [6.45, 7) is 3.22. The van der Waals surface area contributed by atoms with Crippen molar-refractivity contribution in [2.75, 3.05) is 32.6 Å². The second-order valence-corrected chi connectivity index (χ2v) is 6.83. The number of piperidine rings is 1. The van der Waals surface area contributed by atoms with Gasteiger partial charge >= 0.3 is 6.03 Å². The number of hydrogen-bond donors (Lipinski definition) is 2. The summed E-state index contributed by atoms with van der Waals surface area (Å²) in [4.78, 5) is 14.4. The molecule has 1 saturated heterocycles. The van der Waals surface area contributed by atoms with Gasteiger partial charge in [-0.15, -0.1) is 0 Å². The molecule has 2 aliphatic rings. The lowest BCUT2D eigenvalue weighted by Crippen LogP contribution is -2.62. The van der Waals surface area contributed by atoms with Crippen LogP contribution >= 0.6 is 0 Å². The van der Waals surface area contributed by atoms with Crippen LogP contribution in [0.15, 0.2) is 18.2 Å². The van der Waals surface area contributed by atoms with E-state index in [0.717, 1.165) is 18.4 Å². The number of aliphatic hydroxyl groups excluding tert-OH is 1. The Hall–Kier alpha value is -1.79. The molecule has 2 amide bonds. The number of ether oxygens (including phenoxy) is 2. The molecule has 1 aromatic carbocycles. The summed E-state index contributed by atoms with van der Waals surface area (Å²) in [6, 6.07) is 5.57. The first-order valence-corrected chi connectivity index (χ1v) is 8.41. The van der Waals surface area contributed by atoms with E-state index in [-0.39, 0.29) is 23.7 Å². The number of carbonyl (C=O) groups excluding carboxylic acids is 1. The molecule has 1 saturated carbocycles. The lowest BCUT2D eigenvalue weighted by atomic mass is 9.58. The maximum atomic E-state index is 12.6. The molecule has 132 valence electrons. The van der Waals surface area contributed by atoms with E-state index in [0.29, 0.717) is 30.9 Å². The van der Waals surface area contributed by atoms with Crippen molar-refractivity contribution >= 4 is 11.7 Å². The summed E-state index contributed by atoms with van der Waals surface area (Å²) in [5, 5.41) is 13.1. The highest BCUT2D eigenvalue weighted by Gasteiger charge is 2.56. The first-order chi connectivity index (χ1) is 11.5. The van der Waals surface area contributed by atoms with Gasteiger partial charge in [0.15, 0.2) is 0 Å². The zero-order valence-electron chi connectivity index (χ0n) is 14.5. The number of amides is 2. The molecule has 6 nitrogen and oxygen atoms in total. The predicted octanol–water partition coefficient (Wildman–Crippen LogP) is 2.40. The lowest BCUT2D eigenvalue weighted by Gasteiger charge is -2.56. The summed E-state index contributed by atoms with van der Waals surface area (Å²) in [5.74, 6) is 0.649. The monoisotopic (exact) mass is 334 g/mol. The van der Waals surface area contributed by atoms with Gasteiger partial charge in [0.2, 0.25) is 0 Å². The SMILES string of the molecule is COc1ccc(C)cc1NC(=O)N1CCC2(CC1)[C@@H](O)C[C@H]2OC. The van der Waals surface area contributed by atoms with E-state index < -0.39 is 0 Å². The third-order valence-electron chi connectivity index (χ3n) is 5.60. The van der Waals surface area contributed by atoms with Crippen LogP contribution in [0.1, 0.15) is 24.8 Å². The molecule has 3 rings (SSSR count). The molecule has 24 heavy (non-hydrogen) atoms. The van der Waals surface area contributed by atoms with Crippen molar-refractivity contribution in [3.8, 4) is 5.75 Å². The minimum Gasteiger partial charge on any atom is -0.495 e. The Balaban J connectivity index is 1.63. The van der Waals surface area contributed by atoms with Gasteiger partial charge in [0, 0.05) is 32.0 Å². The second kappa shape index (κ2) is 6.61. The number of anilines is 1. The van der Waals surface area contributed by atoms with Gasteiger partial charge in [0.25, 0.3) is 0 Å². The summed E-state index contributed by atoms with van der Waals surface area (Å²) >= 11 is 0. The van der Waals surface area contributed by atoms with Crippen molar-refractivity contribution in [3.63, 3.8) is 0 Å². The summed E-state index contributed by atoms with van der Waals surface area (Å²) in [6.07, 6.45) is 2.03. The number of hydrogen-bond acceptors (Lipinski definition) is 4. The number of likely N-dealkylation sites (tertiary alicyclic amines) is 1. The maximum Gasteiger partial charge on any atom is 0.321 e. The lowest BCUT2D eigenvalue weighted by molar-refractivity contribution is -0.198. The van der Waals surface area contributed by atoms with Gasteiger partial charge in [-0.25, -0.2) is 4.79 Å². The van der Waals surface area contributed by atoms with Gasteiger partial charge < -0.3 is 24.8 Å². The Labute approximate surface area is 142 Å². The molecule has 0 aromatic heterocycles. The minimum atomic E-state index is -0.315. The van der Waals surface area contributed by atoms with E-state index in [1.165, 1.54) is 0 Å². The molecule has 2 fully saturated rings. The van der Waals surface area contributed by atoms with Crippen molar-refractivity contribution < 1.29 is 19.4 Å². The molecule has 1 spiro atoms. The van der Waals surface area contributed by atoms with Gasteiger partial charge in [0.05, 0.1) is 25.0 Å². The molecule has 1 aromatic rings. The van der Waals surface area contributed by atoms with Gasteiger partial charge in [-0.05, 0) is 37.5 Å². The molecule has 1 aliphatic heterocycles. The van der Waals surface area contributed by atoms with Crippen LogP contribution in [0.3, 0.4) is 0 Å². The molecule has 0 unspecified atom stereocenters. The van der Waals surface area contributed by atoms with Gasteiger partial charge in [-0.2, -0.15) is 0 Å². The van der Waals surface area contributed by atoms with Gasteiger partial charge in [0.1, 0.15) is 5.75 Å². The van der Waals surface area contributed by atoms with Crippen LogP contribution in [-0.4, -0.2) is 55.6 Å². The van der Waals surface area contributed by atoms with Gasteiger partial charge in [-0.3, -0.25) is 0 Å². The number of nitrogens with zero attached hydrogens (tertiary/aromatic N) is 1. The first-order valence-electron chi connectivity index (χ1n) is 8.41. The molecule has 6 heteroatoms. The fourth-order valence-electron chi connectivity index (χ4n) is 3.95. The normalized spacial score (nSPS) is 25.2. The van der Waals surface area contributed by atoms with E-state index in [9.17, 15) is 9.90 Å². The number of methoxy groups -OCH3 is 2. The number of aliphatic hydroxyl groups is 1. The Kier molecular flexibility index (Phi) is 4.69. The van der Waals surface area contributed by atoms with Crippen molar-refractivity contribution in [2.24, 2.45) is 5.41 Å². The van der Waals surface area contributed by atoms with Crippen LogP contribution in [0, 0.1) is 12.3 Å². The third kappa shape index (κ3) is 2.84. The molecule has 2 N–H and O–H groups in total. The Morgan fingerprint density at radius 3 is 2.62 bits per heavy atom. The fourth-order valence-corrected chi connectivity index (χ4v) is 3.95. The second-order valence-electron chi connectivity index (χ2n) is 6.83. The van der Waals surface area contributed by atoms with E-state index in [4.69, 9.17) is 9.47 Å². The highest BCUT2D eigenvalue weighted by molar-refractivity contribution is 5.91. The molecule has 1 aliphatic carbocycles. The molecular formula is C18H26N2O4. The zero-order chi connectivity index (χ0) is 17.3. The smallest absolute Gasteiger partial charge is 0.321 e. The Bertz CT molecular complexity index is 611. The average molecular weight is 334 g/mol.